The van der Waals surface area contributed by atoms with Crippen LogP contribution in [0.5, 0.6) is 0 Å². The largest absolute Gasteiger partial charge is 0.301 e. The molecule has 0 saturated carbocycles. The molecular formula is C10H13FN2O2S2. The van der Waals surface area contributed by atoms with Crippen LogP contribution in [-0.4, -0.2) is 37.3 Å². The molecule has 1 saturated heterocycles. The topological polar surface area (TPSA) is 49.4 Å². The fraction of sp³-hybridized carbons (Fsp3) is 0.400. The van der Waals surface area contributed by atoms with Crippen LogP contribution in [0.25, 0.3) is 0 Å². The van der Waals surface area contributed by atoms with Crippen molar-refractivity contribution in [3.8, 4) is 0 Å². The summed E-state index contributed by atoms with van der Waals surface area (Å²) in [4.78, 5) is 0. The van der Waals surface area contributed by atoms with Crippen LogP contribution in [0.15, 0.2) is 24.3 Å². The van der Waals surface area contributed by atoms with E-state index in [1.54, 1.807) is 11.8 Å². The van der Waals surface area contributed by atoms with Crippen LogP contribution < -0.4 is 4.72 Å². The number of hydrogen-bond donors (Lipinski definition) is 1. The number of thioether (sulfide) groups is 1. The number of halogens is 1. The van der Waals surface area contributed by atoms with Gasteiger partial charge in [-0.15, -0.1) is 0 Å². The van der Waals surface area contributed by atoms with Crippen molar-refractivity contribution < 1.29 is 12.8 Å². The first-order chi connectivity index (χ1) is 8.08. The summed E-state index contributed by atoms with van der Waals surface area (Å²) in [5, 5.41) is 0. The third-order valence-corrected chi connectivity index (χ3v) is 4.88. The smallest absolute Gasteiger partial charge is 0.271 e. The molecule has 1 N–H and O–H groups in total. The normalized spacial score (nSPS) is 17.9. The zero-order valence-electron chi connectivity index (χ0n) is 9.10. The summed E-state index contributed by atoms with van der Waals surface area (Å²) in [6.07, 6.45) is 0. The van der Waals surface area contributed by atoms with E-state index in [0.29, 0.717) is 18.8 Å². The predicted octanol–water partition coefficient (Wildman–Crippen LogP) is 1.53. The molecule has 1 fully saturated rings. The minimum Gasteiger partial charge on any atom is -0.271 e. The van der Waals surface area contributed by atoms with E-state index in [9.17, 15) is 12.8 Å². The lowest BCUT2D eigenvalue weighted by molar-refractivity contribution is 0.448. The summed E-state index contributed by atoms with van der Waals surface area (Å²) in [6, 6.07) is 5.27. The van der Waals surface area contributed by atoms with Crippen molar-refractivity contribution in [3.05, 3.63) is 30.1 Å². The van der Waals surface area contributed by atoms with Crippen molar-refractivity contribution in [2.45, 2.75) is 0 Å². The van der Waals surface area contributed by atoms with Gasteiger partial charge in [-0.3, -0.25) is 4.72 Å². The number of nitrogens with one attached hydrogen (secondary N) is 1. The highest BCUT2D eigenvalue weighted by molar-refractivity contribution is 7.99. The second-order valence-electron chi connectivity index (χ2n) is 3.63. The molecule has 0 atom stereocenters. The summed E-state index contributed by atoms with van der Waals surface area (Å²) in [6.45, 7) is 1.03. The molecule has 0 spiro atoms. The van der Waals surface area contributed by atoms with Gasteiger partial charge in [0.2, 0.25) is 0 Å². The van der Waals surface area contributed by atoms with Gasteiger partial charge in [-0.2, -0.15) is 24.5 Å². The summed E-state index contributed by atoms with van der Waals surface area (Å²) in [5.74, 6) is 1.23. The summed E-state index contributed by atoms with van der Waals surface area (Å²) in [7, 11) is -3.50. The first-order valence-electron chi connectivity index (χ1n) is 5.19. The number of rotatable bonds is 3. The summed E-state index contributed by atoms with van der Waals surface area (Å²) in [5.41, 5.74) is 0.379. The van der Waals surface area contributed by atoms with E-state index in [0.717, 1.165) is 11.5 Å². The van der Waals surface area contributed by atoms with Crippen LogP contribution in [0.4, 0.5) is 10.1 Å². The van der Waals surface area contributed by atoms with Gasteiger partial charge in [-0.25, -0.2) is 4.39 Å². The first-order valence-corrected chi connectivity index (χ1v) is 7.78. The molecule has 1 aromatic carbocycles. The van der Waals surface area contributed by atoms with Crippen LogP contribution >= 0.6 is 11.8 Å². The van der Waals surface area contributed by atoms with Crippen LogP contribution in [-0.2, 0) is 10.2 Å². The molecule has 1 heterocycles. The van der Waals surface area contributed by atoms with E-state index in [1.165, 1.54) is 28.6 Å². The molecule has 0 amide bonds. The maximum absolute atomic E-state index is 12.7. The van der Waals surface area contributed by atoms with Gasteiger partial charge >= 0.3 is 10.2 Å². The van der Waals surface area contributed by atoms with E-state index >= 15 is 0 Å². The van der Waals surface area contributed by atoms with Crippen molar-refractivity contribution in [2.24, 2.45) is 0 Å². The second-order valence-corrected chi connectivity index (χ2v) is 6.52. The Hall–Kier alpha value is -0.790. The zero-order chi connectivity index (χ0) is 12.3. The van der Waals surface area contributed by atoms with E-state index in [4.69, 9.17) is 0 Å². The molecule has 94 valence electrons. The van der Waals surface area contributed by atoms with Gasteiger partial charge in [0.1, 0.15) is 5.82 Å². The van der Waals surface area contributed by atoms with Gasteiger partial charge in [0, 0.05) is 30.3 Å². The Morgan fingerprint density at radius 2 is 1.76 bits per heavy atom. The molecule has 1 aliphatic heterocycles. The molecule has 0 aromatic heterocycles. The highest BCUT2D eigenvalue weighted by Crippen LogP contribution is 2.16. The van der Waals surface area contributed by atoms with Gasteiger partial charge in [-0.1, -0.05) is 0 Å². The van der Waals surface area contributed by atoms with E-state index < -0.39 is 10.2 Å². The molecular weight excluding hydrogens is 263 g/mol. The lowest BCUT2D eigenvalue weighted by Crippen LogP contribution is -2.41. The number of anilines is 1. The van der Waals surface area contributed by atoms with E-state index in [2.05, 4.69) is 4.72 Å². The fourth-order valence-corrected chi connectivity index (χ4v) is 3.88. The third-order valence-electron chi connectivity index (χ3n) is 2.40. The number of benzene rings is 1. The Morgan fingerprint density at radius 1 is 1.18 bits per heavy atom. The van der Waals surface area contributed by atoms with Gasteiger partial charge < -0.3 is 0 Å². The van der Waals surface area contributed by atoms with Gasteiger partial charge in [-0.05, 0) is 24.3 Å². The molecule has 0 aliphatic carbocycles. The van der Waals surface area contributed by atoms with Gasteiger partial charge in [0.05, 0.1) is 0 Å². The summed E-state index contributed by atoms with van der Waals surface area (Å²) < 4.78 is 40.4. The van der Waals surface area contributed by atoms with E-state index in [1.807, 2.05) is 0 Å². The average Bonchev–Trinajstić information content (AvgIpc) is 2.33. The standard InChI is InChI=1S/C10H13FN2O2S2/c11-9-1-3-10(4-2-9)12-17(14,15)13-5-7-16-8-6-13/h1-4,12H,5-8H2. The highest BCUT2D eigenvalue weighted by Gasteiger charge is 2.23. The lowest BCUT2D eigenvalue weighted by atomic mass is 10.3. The van der Waals surface area contributed by atoms with Crippen LogP contribution in [0.3, 0.4) is 0 Å². The quantitative estimate of drug-likeness (QED) is 0.911. The molecule has 0 unspecified atom stereocenters. The third kappa shape index (κ3) is 3.34. The average molecular weight is 276 g/mol. The van der Waals surface area contributed by atoms with Crippen molar-refractivity contribution in [2.75, 3.05) is 29.3 Å². The maximum atomic E-state index is 12.7. The zero-order valence-corrected chi connectivity index (χ0v) is 10.7. The van der Waals surface area contributed by atoms with Gasteiger partial charge in [0.15, 0.2) is 0 Å². The molecule has 1 aliphatic rings. The van der Waals surface area contributed by atoms with Crippen LogP contribution in [0, 0.1) is 5.82 Å². The van der Waals surface area contributed by atoms with Crippen LogP contribution in [0.1, 0.15) is 0 Å². The number of nitrogens with zero attached hydrogens (tertiary/aromatic N) is 1. The van der Waals surface area contributed by atoms with Crippen molar-refractivity contribution in [1.29, 1.82) is 0 Å². The monoisotopic (exact) mass is 276 g/mol. The number of hydrogen-bond acceptors (Lipinski definition) is 3. The molecule has 7 heteroatoms. The molecule has 17 heavy (non-hydrogen) atoms. The molecule has 0 radical (unpaired) electrons. The molecule has 1 aromatic rings. The minimum absolute atomic E-state index is 0.379. The maximum Gasteiger partial charge on any atom is 0.301 e. The van der Waals surface area contributed by atoms with Crippen molar-refractivity contribution in [1.82, 2.24) is 4.31 Å². The first kappa shape index (κ1) is 12.7. The Balaban J connectivity index is 2.08. The van der Waals surface area contributed by atoms with E-state index in [-0.39, 0.29) is 5.82 Å². The molecule has 2 rings (SSSR count). The summed E-state index contributed by atoms with van der Waals surface area (Å²) >= 11 is 1.74. The minimum atomic E-state index is -3.50. The second kappa shape index (κ2) is 5.24. The van der Waals surface area contributed by atoms with Crippen molar-refractivity contribution >= 4 is 27.7 Å². The SMILES string of the molecule is O=S(=O)(Nc1ccc(F)cc1)N1CCSCC1. The van der Waals surface area contributed by atoms with Gasteiger partial charge in [0.25, 0.3) is 0 Å². The molecule has 0 bridgehead atoms. The Kier molecular flexibility index (Phi) is 3.90. The Labute approximate surface area is 104 Å². The molecule has 4 nitrogen and oxygen atoms in total. The van der Waals surface area contributed by atoms with Crippen LogP contribution in [0.2, 0.25) is 0 Å². The highest BCUT2D eigenvalue weighted by atomic mass is 32.2. The lowest BCUT2D eigenvalue weighted by Gasteiger charge is -2.25. The Bertz CT molecular complexity index is 470. The fourth-order valence-electron chi connectivity index (χ4n) is 1.52. The van der Waals surface area contributed by atoms with Crippen molar-refractivity contribution in [3.63, 3.8) is 0 Å². The predicted molar refractivity (Wildman–Crippen MR) is 67.8 cm³/mol. The Morgan fingerprint density at radius 3 is 2.35 bits per heavy atom.